The highest BCUT2D eigenvalue weighted by Crippen LogP contribution is 2.27. The maximum atomic E-state index is 9.39. The molecule has 1 aromatic carbocycles. The van der Waals surface area contributed by atoms with Gasteiger partial charge in [-0.3, -0.25) is 4.90 Å². The first-order valence-corrected chi connectivity index (χ1v) is 6.48. The smallest absolute Gasteiger partial charge is 0.138 e. The predicted octanol–water partition coefficient (Wildman–Crippen LogP) is 1.41. The molecule has 4 nitrogen and oxygen atoms in total. The van der Waals surface area contributed by atoms with Crippen molar-refractivity contribution in [3.05, 3.63) is 28.2 Å². The van der Waals surface area contributed by atoms with Crippen molar-refractivity contribution >= 4 is 23.2 Å². The largest absolute Gasteiger partial charge is 0.491 e. The topological polar surface area (TPSA) is 52.9 Å². The summed E-state index contributed by atoms with van der Waals surface area (Å²) >= 11 is 11.8. The number of likely N-dealkylation sites (tertiary alicyclic amines) is 1. The van der Waals surface area contributed by atoms with E-state index >= 15 is 0 Å². The Morgan fingerprint density at radius 3 is 2.50 bits per heavy atom. The Bertz CT molecular complexity index is 406. The zero-order chi connectivity index (χ0) is 13.1. The number of benzene rings is 1. The van der Waals surface area contributed by atoms with Gasteiger partial charge in [0, 0.05) is 24.7 Å². The Labute approximate surface area is 116 Å². The van der Waals surface area contributed by atoms with Gasteiger partial charge in [0.25, 0.3) is 0 Å². The third-order valence-corrected chi connectivity index (χ3v) is 3.42. The van der Waals surface area contributed by atoms with Gasteiger partial charge in [0.15, 0.2) is 0 Å². The molecule has 0 spiro atoms. The van der Waals surface area contributed by atoms with Crippen molar-refractivity contribution < 1.29 is 14.9 Å². The van der Waals surface area contributed by atoms with E-state index in [-0.39, 0.29) is 0 Å². The van der Waals surface area contributed by atoms with E-state index in [0.29, 0.717) is 42.0 Å². The third kappa shape index (κ3) is 3.49. The normalized spacial score (nSPS) is 24.4. The van der Waals surface area contributed by atoms with Gasteiger partial charge in [0.2, 0.25) is 0 Å². The summed E-state index contributed by atoms with van der Waals surface area (Å²) in [5, 5.41) is 19.8. The summed E-state index contributed by atoms with van der Waals surface area (Å²) in [7, 11) is 0. The van der Waals surface area contributed by atoms with Crippen LogP contribution in [0, 0.1) is 0 Å². The molecule has 2 atom stereocenters. The number of β-amino-alcohol motifs (C(OH)–C–C–N with tert-alkyl or cyclic N) is 2. The van der Waals surface area contributed by atoms with Crippen LogP contribution in [-0.4, -0.2) is 53.6 Å². The average Bonchev–Trinajstić information content (AvgIpc) is 2.61. The molecule has 0 aliphatic carbocycles. The molecular weight excluding hydrogens is 277 g/mol. The first-order chi connectivity index (χ1) is 8.56. The van der Waals surface area contributed by atoms with Crippen LogP contribution in [-0.2, 0) is 0 Å². The molecule has 6 heteroatoms. The van der Waals surface area contributed by atoms with Crippen LogP contribution in [0.4, 0.5) is 0 Å². The molecule has 1 aliphatic heterocycles. The minimum absolute atomic E-state index is 0.445. The molecule has 1 aromatic rings. The fraction of sp³-hybridized carbons (Fsp3) is 0.500. The zero-order valence-corrected chi connectivity index (χ0v) is 11.2. The summed E-state index contributed by atoms with van der Waals surface area (Å²) in [6, 6.07) is 5.06. The number of halogens is 2. The van der Waals surface area contributed by atoms with Crippen LogP contribution in [0.25, 0.3) is 0 Å². The Morgan fingerprint density at radius 2 is 1.89 bits per heavy atom. The Morgan fingerprint density at radius 1 is 1.22 bits per heavy atom. The molecule has 2 N–H and O–H groups in total. The standard InChI is InChI=1S/C12H15Cl2NO3/c13-8-1-2-12(9(14)5-8)18-4-3-15-6-10(16)11(17)7-15/h1-2,5,10-11,16-17H,3-4,6-7H2. The lowest BCUT2D eigenvalue weighted by Gasteiger charge is -2.15. The van der Waals surface area contributed by atoms with Gasteiger partial charge in [0.05, 0.1) is 17.2 Å². The molecule has 0 bridgehead atoms. The van der Waals surface area contributed by atoms with Crippen molar-refractivity contribution in [3.8, 4) is 5.75 Å². The van der Waals surface area contributed by atoms with Gasteiger partial charge in [-0.1, -0.05) is 23.2 Å². The molecule has 0 aromatic heterocycles. The minimum Gasteiger partial charge on any atom is -0.491 e. The monoisotopic (exact) mass is 291 g/mol. The predicted molar refractivity (Wildman–Crippen MR) is 70.4 cm³/mol. The number of hydrogen-bond donors (Lipinski definition) is 2. The van der Waals surface area contributed by atoms with Crippen molar-refractivity contribution in [1.29, 1.82) is 0 Å². The summed E-state index contributed by atoms with van der Waals surface area (Å²) in [4.78, 5) is 1.94. The number of aliphatic hydroxyl groups is 2. The summed E-state index contributed by atoms with van der Waals surface area (Å²) in [5.41, 5.74) is 0. The van der Waals surface area contributed by atoms with Crippen LogP contribution in [0.1, 0.15) is 0 Å². The fourth-order valence-corrected chi connectivity index (χ4v) is 2.37. The molecule has 18 heavy (non-hydrogen) atoms. The van der Waals surface area contributed by atoms with Gasteiger partial charge in [-0.05, 0) is 18.2 Å². The van der Waals surface area contributed by atoms with Crippen molar-refractivity contribution in [3.63, 3.8) is 0 Å². The average molecular weight is 292 g/mol. The summed E-state index contributed by atoms with van der Waals surface area (Å²) < 4.78 is 5.53. The van der Waals surface area contributed by atoms with E-state index < -0.39 is 12.2 Å². The minimum atomic E-state index is -0.663. The SMILES string of the molecule is OC1CN(CCOc2ccc(Cl)cc2Cl)CC1O. The van der Waals surface area contributed by atoms with Crippen LogP contribution in [0.2, 0.25) is 10.0 Å². The quantitative estimate of drug-likeness (QED) is 0.881. The van der Waals surface area contributed by atoms with Crippen LogP contribution >= 0.6 is 23.2 Å². The second-order valence-corrected chi connectivity index (χ2v) is 5.16. The van der Waals surface area contributed by atoms with E-state index in [9.17, 15) is 10.2 Å². The molecular formula is C12H15Cl2NO3. The molecule has 1 heterocycles. The molecule has 2 rings (SSSR count). The molecule has 1 aliphatic rings. The lowest BCUT2D eigenvalue weighted by atomic mass is 10.3. The molecule has 0 saturated carbocycles. The second kappa shape index (κ2) is 6.08. The fourth-order valence-electron chi connectivity index (χ4n) is 1.91. The summed E-state index contributed by atoms with van der Waals surface area (Å²) in [6.07, 6.45) is -1.33. The number of ether oxygens (including phenoxy) is 1. The zero-order valence-electron chi connectivity index (χ0n) is 9.72. The van der Waals surface area contributed by atoms with Crippen molar-refractivity contribution in [2.45, 2.75) is 12.2 Å². The first kappa shape index (κ1) is 13.9. The molecule has 0 radical (unpaired) electrons. The van der Waals surface area contributed by atoms with Gasteiger partial charge in [-0.2, -0.15) is 0 Å². The molecule has 0 amide bonds. The van der Waals surface area contributed by atoms with Gasteiger partial charge >= 0.3 is 0 Å². The molecule has 1 fully saturated rings. The van der Waals surface area contributed by atoms with E-state index in [0.717, 1.165) is 0 Å². The van der Waals surface area contributed by atoms with Gasteiger partial charge in [-0.15, -0.1) is 0 Å². The summed E-state index contributed by atoms with van der Waals surface area (Å²) in [6.45, 7) is 2.02. The first-order valence-electron chi connectivity index (χ1n) is 5.72. The Kier molecular flexibility index (Phi) is 4.70. The lowest BCUT2D eigenvalue weighted by molar-refractivity contribution is 0.0572. The highest BCUT2D eigenvalue weighted by atomic mass is 35.5. The van der Waals surface area contributed by atoms with E-state index in [2.05, 4.69) is 0 Å². The molecule has 2 unspecified atom stereocenters. The lowest BCUT2D eigenvalue weighted by Crippen LogP contribution is -2.27. The maximum Gasteiger partial charge on any atom is 0.138 e. The number of nitrogens with zero attached hydrogens (tertiary/aromatic N) is 1. The van der Waals surface area contributed by atoms with Crippen LogP contribution in [0.5, 0.6) is 5.75 Å². The van der Waals surface area contributed by atoms with Crippen molar-refractivity contribution in [2.75, 3.05) is 26.2 Å². The van der Waals surface area contributed by atoms with Gasteiger partial charge in [0.1, 0.15) is 12.4 Å². The number of rotatable bonds is 4. The highest BCUT2D eigenvalue weighted by molar-refractivity contribution is 6.35. The van der Waals surface area contributed by atoms with E-state index in [1.165, 1.54) is 0 Å². The van der Waals surface area contributed by atoms with E-state index in [4.69, 9.17) is 27.9 Å². The van der Waals surface area contributed by atoms with Crippen molar-refractivity contribution in [1.82, 2.24) is 4.90 Å². The maximum absolute atomic E-state index is 9.39. The highest BCUT2D eigenvalue weighted by Gasteiger charge is 2.28. The Hall–Kier alpha value is -0.520. The van der Waals surface area contributed by atoms with Gasteiger partial charge < -0.3 is 14.9 Å². The number of hydrogen-bond acceptors (Lipinski definition) is 4. The van der Waals surface area contributed by atoms with Crippen LogP contribution in [0.15, 0.2) is 18.2 Å². The van der Waals surface area contributed by atoms with E-state index in [1.54, 1.807) is 18.2 Å². The molecule has 1 saturated heterocycles. The van der Waals surface area contributed by atoms with Crippen LogP contribution < -0.4 is 4.74 Å². The summed E-state index contributed by atoms with van der Waals surface area (Å²) in [5.74, 6) is 0.585. The van der Waals surface area contributed by atoms with Gasteiger partial charge in [-0.25, -0.2) is 0 Å². The molecule has 100 valence electrons. The van der Waals surface area contributed by atoms with Crippen LogP contribution in [0.3, 0.4) is 0 Å². The number of aliphatic hydroxyl groups excluding tert-OH is 2. The second-order valence-electron chi connectivity index (χ2n) is 4.32. The van der Waals surface area contributed by atoms with E-state index in [1.807, 2.05) is 4.90 Å². The third-order valence-electron chi connectivity index (χ3n) is 2.89. The Balaban J connectivity index is 1.79. The van der Waals surface area contributed by atoms with Crippen molar-refractivity contribution in [2.24, 2.45) is 0 Å².